The summed E-state index contributed by atoms with van der Waals surface area (Å²) in [4.78, 5) is 29.2. The first kappa shape index (κ1) is 33.4. The summed E-state index contributed by atoms with van der Waals surface area (Å²) in [5.74, 6) is -0.521. The van der Waals surface area contributed by atoms with Crippen molar-refractivity contribution >= 4 is 50.7 Å². The minimum Gasteiger partial charge on any atom is -0.352 e. The number of carbonyl (C=O) groups is 2. The van der Waals surface area contributed by atoms with E-state index in [1.807, 2.05) is 62.4 Å². The predicted octanol–water partition coefficient (Wildman–Crippen LogP) is 6.40. The lowest BCUT2D eigenvalue weighted by molar-refractivity contribution is -0.141. The normalized spacial score (nSPS) is 12.8. The molecule has 226 valence electrons. The number of sulfonamides is 1. The highest BCUT2D eigenvalue weighted by atomic mass is 35.5. The van der Waals surface area contributed by atoms with Gasteiger partial charge < -0.3 is 10.2 Å². The Balaban J connectivity index is 1.92. The van der Waals surface area contributed by atoms with E-state index in [1.54, 1.807) is 36.1 Å². The number of rotatable bonds is 14. The number of benzene rings is 3. The zero-order chi connectivity index (χ0) is 30.9. The minimum absolute atomic E-state index is 0.0258. The second kappa shape index (κ2) is 15.4. The Kier molecular flexibility index (Phi) is 12.3. The monoisotopic (exact) mass is 631 g/mol. The second-order valence-corrected chi connectivity index (χ2v) is 13.2. The summed E-state index contributed by atoms with van der Waals surface area (Å²) in [6.45, 7) is 5.88. The average molecular weight is 633 g/mol. The van der Waals surface area contributed by atoms with Crippen molar-refractivity contribution in [3.05, 3.63) is 99.5 Å². The topological polar surface area (TPSA) is 86.8 Å². The molecule has 3 rings (SSSR count). The van der Waals surface area contributed by atoms with Gasteiger partial charge in [0.15, 0.2) is 0 Å². The summed E-state index contributed by atoms with van der Waals surface area (Å²) in [5, 5.41) is 4.00. The van der Waals surface area contributed by atoms with Gasteiger partial charge in [0.1, 0.15) is 6.04 Å². The molecule has 42 heavy (non-hydrogen) atoms. The van der Waals surface area contributed by atoms with Crippen molar-refractivity contribution in [3.63, 3.8) is 0 Å². The van der Waals surface area contributed by atoms with Crippen LogP contribution in [0.15, 0.2) is 72.8 Å². The number of hydrogen-bond donors (Lipinski definition) is 1. The lowest BCUT2D eigenvalue weighted by Gasteiger charge is -2.33. The molecule has 0 heterocycles. The third-order valence-corrected chi connectivity index (χ3v) is 9.19. The fraction of sp³-hybridized carbons (Fsp3) is 0.375. The molecule has 2 atom stereocenters. The van der Waals surface area contributed by atoms with Gasteiger partial charge in [-0.15, -0.1) is 0 Å². The van der Waals surface area contributed by atoms with E-state index in [2.05, 4.69) is 5.32 Å². The second-order valence-electron chi connectivity index (χ2n) is 10.5. The van der Waals surface area contributed by atoms with E-state index in [9.17, 15) is 18.0 Å². The van der Waals surface area contributed by atoms with Gasteiger partial charge in [-0.05, 0) is 61.6 Å². The zero-order valence-corrected chi connectivity index (χ0v) is 26.8. The molecule has 1 N–H and O–H groups in total. The molecule has 2 amide bonds. The van der Waals surface area contributed by atoms with Crippen LogP contribution < -0.4 is 9.62 Å². The van der Waals surface area contributed by atoms with E-state index in [0.29, 0.717) is 33.3 Å². The molecule has 0 radical (unpaired) electrons. The van der Waals surface area contributed by atoms with Gasteiger partial charge in [-0.1, -0.05) is 84.7 Å². The largest absolute Gasteiger partial charge is 0.352 e. The average Bonchev–Trinajstić information content (AvgIpc) is 2.95. The molecular formula is C32H39Cl2N3O4S. The number of nitrogens with one attached hydrogen (secondary N) is 1. The highest BCUT2D eigenvalue weighted by Gasteiger charge is 2.31. The smallest absolute Gasteiger partial charge is 0.243 e. The van der Waals surface area contributed by atoms with E-state index in [1.165, 1.54) is 4.31 Å². The number of nitrogens with zero attached hydrogens (tertiary/aromatic N) is 2. The first-order valence-corrected chi connectivity index (χ1v) is 16.6. The van der Waals surface area contributed by atoms with Crippen molar-refractivity contribution in [2.75, 3.05) is 17.1 Å². The van der Waals surface area contributed by atoms with Gasteiger partial charge in [-0.2, -0.15) is 0 Å². The molecule has 0 aromatic heterocycles. The van der Waals surface area contributed by atoms with Crippen molar-refractivity contribution in [3.8, 4) is 0 Å². The van der Waals surface area contributed by atoms with Crippen LogP contribution in [0, 0.1) is 6.92 Å². The Hall–Kier alpha value is -3.07. The van der Waals surface area contributed by atoms with Crippen LogP contribution in [0.25, 0.3) is 0 Å². The molecule has 0 aliphatic carbocycles. The third kappa shape index (κ3) is 9.21. The number of carbonyl (C=O) groups excluding carboxylic acids is 2. The predicted molar refractivity (Wildman–Crippen MR) is 171 cm³/mol. The summed E-state index contributed by atoms with van der Waals surface area (Å²) in [6, 6.07) is 21.0. The van der Waals surface area contributed by atoms with E-state index < -0.39 is 16.1 Å². The van der Waals surface area contributed by atoms with Crippen LogP contribution in [0.1, 0.15) is 49.8 Å². The van der Waals surface area contributed by atoms with Crippen molar-refractivity contribution in [1.29, 1.82) is 0 Å². The summed E-state index contributed by atoms with van der Waals surface area (Å²) < 4.78 is 26.7. The molecule has 0 aliphatic heterocycles. The first-order valence-electron chi connectivity index (χ1n) is 14.0. The maximum absolute atomic E-state index is 14.0. The van der Waals surface area contributed by atoms with Crippen molar-refractivity contribution in [2.24, 2.45) is 0 Å². The maximum Gasteiger partial charge on any atom is 0.243 e. The Bertz CT molecular complexity index is 1470. The van der Waals surface area contributed by atoms with Gasteiger partial charge in [-0.3, -0.25) is 13.9 Å². The highest BCUT2D eigenvalue weighted by molar-refractivity contribution is 7.92. The van der Waals surface area contributed by atoms with Crippen LogP contribution in [0.4, 0.5) is 5.69 Å². The summed E-state index contributed by atoms with van der Waals surface area (Å²) in [6.07, 6.45) is 2.46. The summed E-state index contributed by atoms with van der Waals surface area (Å²) in [5.41, 5.74) is 2.74. The molecule has 10 heteroatoms. The molecule has 7 nitrogen and oxygen atoms in total. The number of amides is 2. The molecule has 3 aromatic carbocycles. The van der Waals surface area contributed by atoms with Crippen LogP contribution in [0.5, 0.6) is 0 Å². The Morgan fingerprint density at radius 1 is 0.929 bits per heavy atom. The van der Waals surface area contributed by atoms with Crippen molar-refractivity contribution in [2.45, 2.75) is 65.1 Å². The number of hydrogen-bond acceptors (Lipinski definition) is 4. The molecule has 0 aliphatic rings. The molecular weight excluding hydrogens is 593 g/mol. The maximum atomic E-state index is 14.0. The highest BCUT2D eigenvalue weighted by Crippen LogP contribution is 2.29. The fourth-order valence-corrected chi connectivity index (χ4v) is 6.03. The van der Waals surface area contributed by atoms with Gasteiger partial charge >= 0.3 is 0 Å². The lowest BCUT2D eigenvalue weighted by Crippen LogP contribution is -2.52. The Morgan fingerprint density at radius 2 is 1.57 bits per heavy atom. The molecule has 0 spiro atoms. The van der Waals surface area contributed by atoms with Gasteiger partial charge in [-0.25, -0.2) is 8.42 Å². The third-order valence-electron chi connectivity index (χ3n) is 7.23. The summed E-state index contributed by atoms with van der Waals surface area (Å²) in [7, 11) is -3.65. The number of anilines is 1. The minimum atomic E-state index is -3.65. The van der Waals surface area contributed by atoms with Gasteiger partial charge in [0, 0.05) is 42.0 Å². The van der Waals surface area contributed by atoms with Gasteiger partial charge in [0.25, 0.3) is 0 Å². The van der Waals surface area contributed by atoms with E-state index in [0.717, 1.165) is 18.2 Å². The standard InChI is InChI=1S/C32H39Cl2N3O4S/c1-5-23(2)35-32(39)30(21-25-13-7-6-8-14-25)36(22-26-15-9-10-16-28(26)34)31(38)19-12-20-37(42(4,40)41)29-18-11-17-27(33)24(29)3/h6-11,13-18,23,30H,5,12,19-22H2,1-4H3,(H,35,39)/t23-,30+/m1/s1. The van der Waals surface area contributed by atoms with Crippen LogP contribution in [0.3, 0.4) is 0 Å². The van der Waals surface area contributed by atoms with Crippen LogP contribution in [-0.4, -0.2) is 50.0 Å². The van der Waals surface area contributed by atoms with Gasteiger partial charge in [0.05, 0.1) is 11.9 Å². The van der Waals surface area contributed by atoms with Crippen LogP contribution in [0.2, 0.25) is 10.0 Å². The van der Waals surface area contributed by atoms with E-state index in [4.69, 9.17) is 23.2 Å². The number of halogens is 2. The lowest BCUT2D eigenvalue weighted by atomic mass is 10.0. The molecule has 0 saturated carbocycles. The molecule has 0 saturated heterocycles. The molecule has 3 aromatic rings. The fourth-order valence-electron chi connectivity index (χ4n) is 4.65. The first-order chi connectivity index (χ1) is 19.9. The van der Waals surface area contributed by atoms with Crippen LogP contribution >= 0.6 is 23.2 Å². The van der Waals surface area contributed by atoms with Gasteiger partial charge in [0.2, 0.25) is 21.8 Å². The zero-order valence-electron chi connectivity index (χ0n) is 24.5. The quantitative estimate of drug-likeness (QED) is 0.223. The van der Waals surface area contributed by atoms with E-state index >= 15 is 0 Å². The molecule has 0 unspecified atom stereocenters. The Labute approximate surface area is 259 Å². The Morgan fingerprint density at radius 3 is 2.21 bits per heavy atom. The summed E-state index contributed by atoms with van der Waals surface area (Å²) >= 11 is 12.8. The van der Waals surface area contributed by atoms with Crippen molar-refractivity contribution in [1.82, 2.24) is 10.2 Å². The molecule has 0 bridgehead atoms. The SMILES string of the molecule is CC[C@@H](C)NC(=O)[C@H](Cc1ccccc1)N(Cc1ccccc1Cl)C(=O)CCCN(c1cccc(Cl)c1C)S(C)(=O)=O. The molecule has 0 fully saturated rings. The van der Waals surface area contributed by atoms with E-state index in [-0.39, 0.29) is 43.8 Å². The van der Waals surface area contributed by atoms with Crippen LogP contribution in [-0.2, 0) is 32.6 Å². The van der Waals surface area contributed by atoms with Crippen molar-refractivity contribution < 1.29 is 18.0 Å².